The van der Waals surface area contributed by atoms with Gasteiger partial charge in [0.15, 0.2) is 14.7 Å². The van der Waals surface area contributed by atoms with E-state index in [4.69, 9.17) is 0 Å². The van der Waals surface area contributed by atoms with Crippen LogP contribution in [0.1, 0.15) is 26.3 Å². The third-order valence-corrected chi connectivity index (χ3v) is 7.08. The van der Waals surface area contributed by atoms with E-state index >= 15 is 0 Å². The van der Waals surface area contributed by atoms with Crippen LogP contribution in [0.5, 0.6) is 0 Å². The molecule has 3 rings (SSSR count). The number of benzene rings is 3. The first-order valence-electron chi connectivity index (χ1n) is 9.07. The van der Waals surface area contributed by atoms with Crippen LogP contribution in [-0.4, -0.2) is 14.7 Å². The van der Waals surface area contributed by atoms with Gasteiger partial charge < -0.3 is 4.72 Å². The Morgan fingerprint density at radius 3 is 1.86 bits per heavy atom. The van der Waals surface area contributed by atoms with Gasteiger partial charge >= 0.3 is 0 Å². The molecule has 3 nitrogen and oxygen atoms in total. The van der Waals surface area contributed by atoms with Gasteiger partial charge in [0.05, 0.1) is 20.9 Å². The van der Waals surface area contributed by atoms with Crippen molar-refractivity contribution in [3.63, 3.8) is 0 Å². The van der Waals surface area contributed by atoms with E-state index in [1.165, 1.54) is 5.56 Å². The van der Waals surface area contributed by atoms with Crippen molar-refractivity contribution in [2.24, 2.45) is 0 Å². The highest BCUT2D eigenvalue weighted by Crippen LogP contribution is 2.39. The van der Waals surface area contributed by atoms with Gasteiger partial charge in [0.1, 0.15) is 0 Å². The molecule has 1 unspecified atom stereocenters. The number of rotatable bonds is 5. The third-order valence-electron chi connectivity index (χ3n) is 4.28. The van der Waals surface area contributed by atoms with Crippen LogP contribution in [0.3, 0.4) is 0 Å². The van der Waals surface area contributed by atoms with Crippen LogP contribution in [0.25, 0.3) is 4.72 Å². The first-order chi connectivity index (χ1) is 13.1. The molecule has 0 saturated heterocycles. The summed E-state index contributed by atoms with van der Waals surface area (Å²) in [6, 6.07) is 26.3. The molecular weight excluding hydrogens is 386 g/mol. The molecule has 0 radical (unpaired) electrons. The summed E-state index contributed by atoms with van der Waals surface area (Å²) in [6.45, 7) is 6.58. The van der Waals surface area contributed by atoms with Crippen LogP contribution >= 0.6 is 0 Å². The summed E-state index contributed by atoms with van der Waals surface area (Å²) in [5.74, 6) is 0. The highest BCUT2D eigenvalue weighted by atomic mass is 32.2. The molecule has 5 heteroatoms. The predicted molar refractivity (Wildman–Crippen MR) is 118 cm³/mol. The zero-order chi connectivity index (χ0) is 20.4. The Hall–Kier alpha value is -2.24. The number of sulfonamides is 1. The number of hydrogen-bond acceptors (Lipinski definition) is 2. The zero-order valence-electron chi connectivity index (χ0n) is 16.6. The molecule has 0 aliphatic rings. The molecule has 0 heterocycles. The van der Waals surface area contributed by atoms with E-state index in [1.807, 2.05) is 36.4 Å². The third kappa shape index (κ3) is 4.97. The topological polar surface area (TPSA) is 48.2 Å². The summed E-state index contributed by atoms with van der Waals surface area (Å²) >= 11 is 0. The van der Waals surface area contributed by atoms with Gasteiger partial charge in [-0.05, 0) is 41.3 Å². The maximum atomic E-state index is 11.8. The van der Waals surface area contributed by atoms with Gasteiger partial charge in [0.2, 0.25) is 0 Å². The second-order valence-electron chi connectivity index (χ2n) is 7.69. The molecule has 0 aromatic heterocycles. The first kappa shape index (κ1) is 20.5. The molecule has 146 valence electrons. The minimum atomic E-state index is -3.49. The monoisotopic (exact) mass is 411 g/mol. The lowest BCUT2D eigenvalue weighted by Crippen LogP contribution is -2.12. The standard InChI is InChI=1S/C23H25NO2S2/c1-23(2,3)18-14-16-20(17-15-18)27(19-10-6-5-7-11-19)22-13-9-8-12-21(22)24-28(4,25)26/h5-17H,1-4H3. The molecule has 1 atom stereocenters. The molecule has 0 aliphatic heterocycles. The van der Waals surface area contributed by atoms with Crippen molar-refractivity contribution in [1.29, 1.82) is 0 Å². The van der Waals surface area contributed by atoms with Gasteiger partial charge in [0.25, 0.3) is 0 Å². The molecule has 0 N–H and O–H groups in total. The van der Waals surface area contributed by atoms with Gasteiger partial charge in [-0.1, -0.05) is 75.0 Å². The maximum Gasteiger partial charge on any atom is 0.166 e. The molecule has 28 heavy (non-hydrogen) atoms. The van der Waals surface area contributed by atoms with E-state index in [-0.39, 0.29) is 5.41 Å². The Balaban J connectivity index is 2.15. The minimum absolute atomic E-state index is 0.0768. The lowest BCUT2D eigenvalue weighted by molar-refractivity contribution is 0.589. The van der Waals surface area contributed by atoms with Gasteiger partial charge in [-0.25, -0.2) is 8.42 Å². The molecule has 3 aromatic rings. The summed E-state index contributed by atoms with van der Waals surface area (Å²) in [5, 5.41) is 0. The summed E-state index contributed by atoms with van der Waals surface area (Å²) in [4.78, 5) is 3.17. The SMILES string of the molecule is CC(C)(C)c1ccc([S+](c2ccccc2)c2ccccc2[N-]S(C)(=O)=O)cc1. The van der Waals surface area contributed by atoms with Crippen molar-refractivity contribution in [1.82, 2.24) is 0 Å². The van der Waals surface area contributed by atoms with Crippen LogP contribution < -0.4 is 0 Å². The molecule has 0 bridgehead atoms. The Morgan fingerprint density at radius 1 is 0.750 bits per heavy atom. The second-order valence-corrected chi connectivity index (χ2v) is 11.3. The van der Waals surface area contributed by atoms with Gasteiger partial charge in [-0.15, -0.1) is 0 Å². The van der Waals surface area contributed by atoms with E-state index in [1.54, 1.807) is 6.07 Å². The number of nitrogens with zero attached hydrogens (tertiary/aromatic N) is 1. The average Bonchev–Trinajstić information content (AvgIpc) is 2.63. The molecular formula is C23H25NO2S2. The van der Waals surface area contributed by atoms with Crippen LogP contribution in [0.15, 0.2) is 93.5 Å². The zero-order valence-corrected chi connectivity index (χ0v) is 18.2. The van der Waals surface area contributed by atoms with E-state index in [2.05, 4.69) is 61.9 Å². The summed E-state index contributed by atoms with van der Waals surface area (Å²) in [6.07, 6.45) is 1.13. The van der Waals surface area contributed by atoms with Crippen LogP contribution in [0.2, 0.25) is 0 Å². The van der Waals surface area contributed by atoms with E-state index in [9.17, 15) is 8.42 Å². The molecule has 0 amide bonds. The molecule has 0 spiro atoms. The number of hydrogen-bond donors (Lipinski definition) is 0. The summed E-state index contributed by atoms with van der Waals surface area (Å²) in [5.41, 5.74) is 1.84. The van der Waals surface area contributed by atoms with Gasteiger partial charge in [0, 0.05) is 6.26 Å². The Morgan fingerprint density at radius 2 is 1.29 bits per heavy atom. The van der Waals surface area contributed by atoms with Crippen molar-refractivity contribution < 1.29 is 8.42 Å². The first-order valence-corrected chi connectivity index (χ1v) is 12.1. The van der Waals surface area contributed by atoms with Crippen molar-refractivity contribution in [2.75, 3.05) is 6.26 Å². The Kier molecular flexibility index (Phi) is 5.87. The molecule has 3 aromatic carbocycles. The van der Waals surface area contributed by atoms with E-state index in [0.717, 1.165) is 20.9 Å². The lowest BCUT2D eigenvalue weighted by Gasteiger charge is -2.22. The van der Waals surface area contributed by atoms with Gasteiger partial charge in [-0.3, -0.25) is 0 Å². The van der Waals surface area contributed by atoms with Crippen LogP contribution in [0.4, 0.5) is 5.69 Å². The van der Waals surface area contributed by atoms with Crippen LogP contribution in [-0.2, 0) is 26.3 Å². The van der Waals surface area contributed by atoms with Gasteiger partial charge in [-0.2, -0.15) is 0 Å². The van der Waals surface area contributed by atoms with Crippen molar-refractivity contribution in [2.45, 2.75) is 40.9 Å². The van der Waals surface area contributed by atoms with Crippen molar-refractivity contribution >= 4 is 26.6 Å². The normalized spacial score (nSPS) is 13.1. The Labute approximate surface area is 171 Å². The predicted octanol–water partition coefficient (Wildman–Crippen LogP) is 6.04. The van der Waals surface area contributed by atoms with E-state index < -0.39 is 20.9 Å². The fraction of sp³-hybridized carbons (Fsp3) is 0.217. The summed E-state index contributed by atoms with van der Waals surface area (Å²) < 4.78 is 27.7. The molecule has 0 saturated carbocycles. The average molecular weight is 412 g/mol. The smallest absolute Gasteiger partial charge is 0.166 e. The Bertz CT molecular complexity index is 1040. The van der Waals surface area contributed by atoms with Crippen molar-refractivity contribution in [3.05, 3.63) is 89.1 Å². The fourth-order valence-electron chi connectivity index (χ4n) is 2.92. The quantitative estimate of drug-likeness (QED) is 0.480. The summed E-state index contributed by atoms with van der Waals surface area (Å²) in [7, 11) is -3.95. The maximum absolute atomic E-state index is 11.8. The highest BCUT2D eigenvalue weighted by Gasteiger charge is 2.29. The largest absolute Gasteiger partial charge is 0.573 e. The highest BCUT2D eigenvalue weighted by molar-refractivity contribution is 7.97. The van der Waals surface area contributed by atoms with Crippen molar-refractivity contribution in [3.8, 4) is 0 Å². The molecule has 0 aliphatic carbocycles. The minimum Gasteiger partial charge on any atom is -0.573 e. The van der Waals surface area contributed by atoms with E-state index in [0.29, 0.717) is 5.69 Å². The fourth-order valence-corrected chi connectivity index (χ4v) is 5.65. The second kappa shape index (κ2) is 8.02. The molecule has 0 fully saturated rings. The van der Waals surface area contributed by atoms with Crippen LogP contribution in [0, 0.1) is 0 Å². The lowest BCUT2D eigenvalue weighted by atomic mass is 9.87.